The first kappa shape index (κ1) is 23.2. The lowest BCUT2D eigenvalue weighted by Gasteiger charge is -2.53. The summed E-state index contributed by atoms with van der Waals surface area (Å²) in [7, 11) is 2.18. The highest BCUT2D eigenvalue weighted by molar-refractivity contribution is 5.85. The third kappa shape index (κ3) is 4.72. The van der Waals surface area contributed by atoms with Crippen LogP contribution in [0, 0.1) is 5.92 Å². The Morgan fingerprint density at radius 1 is 1.08 bits per heavy atom. The van der Waals surface area contributed by atoms with Gasteiger partial charge in [-0.05, 0) is 25.5 Å². The molecule has 1 aliphatic carbocycles. The van der Waals surface area contributed by atoms with E-state index in [9.17, 15) is 4.79 Å². The van der Waals surface area contributed by atoms with Gasteiger partial charge in [-0.1, -0.05) is 56.5 Å². The normalized spacial score (nSPS) is 22.0. The Hall–Kier alpha value is -0.810. The average Bonchev–Trinajstić information content (AvgIpc) is 2.61. The fourth-order valence-corrected chi connectivity index (χ4v) is 4.52. The van der Waals surface area contributed by atoms with Crippen molar-refractivity contribution in [3.05, 3.63) is 35.9 Å². The van der Waals surface area contributed by atoms with E-state index in [-0.39, 0.29) is 48.2 Å². The molecule has 1 heterocycles. The fraction of sp³-hybridized carbons (Fsp3) is 0.650. The monoisotopic (exact) mass is 401 g/mol. The maximum atomic E-state index is 13.3. The Balaban J connectivity index is 0.00000169. The van der Waals surface area contributed by atoms with Gasteiger partial charge >= 0.3 is 0 Å². The van der Waals surface area contributed by atoms with Crippen LogP contribution in [0.3, 0.4) is 0 Å². The van der Waals surface area contributed by atoms with E-state index in [4.69, 9.17) is 5.73 Å². The van der Waals surface area contributed by atoms with Crippen molar-refractivity contribution >= 4 is 30.7 Å². The SMILES string of the molecule is CC(C(=O)N1CCN(C)CC12CCCCC2)C(N)c1ccccc1.Cl.Cl. The highest BCUT2D eigenvalue weighted by atomic mass is 35.5. The van der Waals surface area contributed by atoms with E-state index in [0.29, 0.717) is 0 Å². The molecular weight excluding hydrogens is 369 g/mol. The quantitative estimate of drug-likeness (QED) is 0.840. The number of amides is 1. The van der Waals surface area contributed by atoms with Gasteiger partial charge in [0.25, 0.3) is 0 Å². The molecule has 3 rings (SSSR count). The number of carbonyl (C=O) groups is 1. The van der Waals surface area contributed by atoms with E-state index in [1.807, 2.05) is 37.3 Å². The van der Waals surface area contributed by atoms with Crippen LogP contribution in [0.1, 0.15) is 50.6 Å². The van der Waals surface area contributed by atoms with Crippen molar-refractivity contribution in [2.24, 2.45) is 11.7 Å². The molecule has 0 radical (unpaired) electrons. The molecule has 2 aliphatic rings. The molecule has 1 aromatic rings. The predicted molar refractivity (Wildman–Crippen MR) is 112 cm³/mol. The zero-order valence-electron chi connectivity index (χ0n) is 15.9. The van der Waals surface area contributed by atoms with E-state index in [0.717, 1.165) is 38.0 Å². The van der Waals surface area contributed by atoms with E-state index in [1.54, 1.807) is 0 Å². The van der Waals surface area contributed by atoms with Crippen molar-refractivity contribution in [3.8, 4) is 0 Å². The Kier molecular flexibility index (Phi) is 8.87. The Bertz CT molecular complexity index is 563. The minimum absolute atomic E-state index is 0. The first-order valence-electron chi connectivity index (χ1n) is 9.34. The fourth-order valence-electron chi connectivity index (χ4n) is 4.52. The molecule has 1 spiro atoms. The minimum atomic E-state index is -0.237. The molecule has 26 heavy (non-hydrogen) atoms. The van der Waals surface area contributed by atoms with Crippen LogP contribution >= 0.6 is 24.8 Å². The number of piperazine rings is 1. The lowest BCUT2D eigenvalue weighted by Crippen LogP contribution is -2.65. The van der Waals surface area contributed by atoms with Gasteiger partial charge in [0.1, 0.15) is 0 Å². The lowest BCUT2D eigenvalue weighted by atomic mass is 9.77. The van der Waals surface area contributed by atoms with Gasteiger partial charge in [0.05, 0.1) is 11.5 Å². The van der Waals surface area contributed by atoms with Crippen LogP contribution in [0.2, 0.25) is 0 Å². The molecule has 2 fully saturated rings. The van der Waals surface area contributed by atoms with E-state index in [1.165, 1.54) is 19.3 Å². The third-order valence-electron chi connectivity index (χ3n) is 6.01. The number of benzene rings is 1. The first-order chi connectivity index (χ1) is 11.5. The summed E-state index contributed by atoms with van der Waals surface area (Å²) in [6, 6.07) is 9.78. The Morgan fingerprint density at radius 2 is 1.69 bits per heavy atom. The van der Waals surface area contributed by atoms with Crippen molar-refractivity contribution in [2.45, 2.75) is 50.6 Å². The molecule has 2 unspecified atom stereocenters. The lowest BCUT2D eigenvalue weighted by molar-refractivity contribution is -0.148. The smallest absolute Gasteiger partial charge is 0.227 e. The van der Waals surface area contributed by atoms with Gasteiger partial charge < -0.3 is 15.5 Å². The molecule has 1 amide bonds. The second kappa shape index (κ2) is 9.93. The maximum Gasteiger partial charge on any atom is 0.227 e. The largest absolute Gasteiger partial charge is 0.334 e. The van der Waals surface area contributed by atoms with Crippen molar-refractivity contribution < 1.29 is 4.79 Å². The van der Waals surface area contributed by atoms with Gasteiger partial charge in [-0.2, -0.15) is 0 Å². The number of likely N-dealkylation sites (N-methyl/N-ethyl adjacent to an activating group) is 1. The van der Waals surface area contributed by atoms with E-state index >= 15 is 0 Å². The first-order valence-corrected chi connectivity index (χ1v) is 9.34. The summed E-state index contributed by atoms with van der Waals surface area (Å²) >= 11 is 0. The molecule has 1 aliphatic heterocycles. The molecule has 1 saturated heterocycles. The summed E-state index contributed by atoms with van der Waals surface area (Å²) in [5, 5.41) is 0. The summed E-state index contributed by atoms with van der Waals surface area (Å²) in [5.74, 6) is 0.0518. The van der Waals surface area contributed by atoms with Crippen LogP contribution in [-0.4, -0.2) is 47.9 Å². The summed E-state index contributed by atoms with van der Waals surface area (Å²) in [6.07, 6.45) is 6.03. The molecule has 0 bridgehead atoms. The molecule has 6 heteroatoms. The summed E-state index contributed by atoms with van der Waals surface area (Å²) in [4.78, 5) is 17.9. The minimum Gasteiger partial charge on any atom is -0.334 e. The molecule has 2 atom stereocenters. The summed E-state index contributed by atoms with van der Waals surface area (Å²) < 4.78 is 0. The van der Waals surface area contributed by atoms with Crippen LogP contribution < -0.4 is 5.73 Å². The van der Waals surface area contributed by atoms with Crippen LogP contribution in [0.15, 0.2) is 30.3 Å². The highest BCUT2D eigenvalue weighted by Crippen LogP contribution is 2.38. The molecule has 1 aromatic carbocycles. The molecule has 0 aromatic heterocycles. The van der Waals surface area contributed by atoms with Gasteiger partial charge in [-0.3, -0.25) is 4.79 Å². The van der Waals surface area contributed by atoms with Crippen LogP contribution in [0.4, 0.5) is 0 Å². The highest BCUT2D eigenvalue weighted by Gasteiger charge is 2.45. The second-order valence-corrected chi connectivity index (χ2v) is 7.74. The molecule has 148 valence electrons. The maximum absolute atomic E-state index is 13.3. The van der Waals surface area contributed by atoms with Gasteiger partial charge in [0, 0.05) is 25.7 Å². The van der Waals surface area contributed by atoms with Crippen molar-refractivity contribution in [3.63, 3.8) is 0 Å². The molecule has 2 N–H and O–H groups in total. The summed E-state index contributed by atoms with van der Waals surface area (Å²) in [5.41, 5.74) is 7.51. The van der Waals surface area contributed by atoms with Crippen LogP contribution in [0.25, 0.3) is 0 Å². The Morgan fingerprint density at radius 3 is 2.31 bits per heavy atom. The number of nitrogens with zero attached hydrogens (tertiary/aromatic N) is 2. The number of nitrogens with two attached hydrogens (primary N) is 1. The number of carbonyl (C=O) groups excluding carboxylic acids is 1. The van der Waals surface area contributed by atoms with Gasteiger partial charge in [-0.25, -0.2) is 0 Å². The average molecular weight is 402 g/mol. The van der Waals surface area contributed by atoms with Crippen LogP contribution in [-0.2, 0) is 4.79 Å². The van der Waals surface area contributed by atoms with Gasteiger partial charge in [-0.15, -0.1) is 24.8 Å². The van der Waals surface area contributed by atoms with Gasteiger partial charge in [0.15, 0.2) is 0 Å². The third-order valence-corrected chi connectivity index (χ3v) is 6.01. The van der Waals surface area contributed by atoms with Crippen LogP contribution in [0.5, 0.6) is 0 Å². The zero-order valence-corrected chi connectivity index (χ0v) is 17.5. The van der Waals surface area contributed by atoms with E-state index in [2.05, 4.69) is 16.8 Å². The topological polar surface area (TPSA) is 49.6 Å². The number of rotatable bonds is 3. The number of halogens is 2. The zero-order chi connectivity index (χ0) is 17.2. The standard InChI is InChI=1S/C20H31N3O.2ClH/c1-16(18(21)17-9-5-3-6-10-17)19(24)23-14-13-22(2)15-20(23)11-7-4-8-12-20;;/h3,5-6,9-10,16,18H,4,7-8,11-15,21H2,1-2H3;2*1H. The number of hydrogen-bond acceptors (Lipinski definition) is 3. The van der Waals surface area contributed by atoms with Crippen molar-refractivity contribution in [2.75, 3.05) is 26.7 Å². The molecular formula is C20H33Cl2N3O. The predicted octanol–water partition coefficient (Wildman–Crippen LogP) is 3.64. The molecule has 4 nitrogen and oxygen atoms in total. The Labute approximate surface area is 170 Å². The summed E-state index contributed by atoms with van der Waals surface area (Å²) in [6.45, 7) is 4.79. The van der Waals surface area contributed by atoms with Crippen molar-refractivity contribution in [1.29, 1.82) is 0 Å². The molecule has 1 saturated carbocycles. The number of hydrogen-bond donors (Lipinski definition) is 1. The van der Waals surface area contributed by atoms with Gasteiger partial charge in [0.2, 0.25) is 5.91 Å². The second-order valence-electron chi connectivity index (χ2n) is 7.74. The van der Waals surface area contributed by atoms with Crippen molar-refractivity contribution in [1.82, 2.24) is 9.80 Å². The van der Waals surface area contributed by atoms with E-state index < -0.39 is 0 Å².